The van der Waals surface area contributed by atoms with Crippen molar-refractivity contribution in [2.24, 2.45) is 17.8 Å². The molecule has 3 aliphatic heterocycles. The van der Waals surface area contributed by atoms with Crippen molar-refractivity contribution in [3.05, 3.63) is 0 Å². The predicted octanol–water partition coefficient (Wildman–Crippen LogP) is 5.88. The molecule has 0 aromatic heterocycles. The lowest BCUT2D eigenvalue weighted by molar-refractivity contribution is -0.140. The first-order chi connectivity index (χ1) is 22.2. The summed E-state index contributed by atoms with van der Waals surface area (Å²) in [6.07, 6.45) is 6.22. The highest BCUT2D eigenvalue weighted by Crippen LogP contribution is 2.38. The van der Waals surface area contributed by atoms with E-state index in [4.69, 9.17) is 28.4 Å². The van der Waals surface area contributed by atoms with Gasteiger partial charge in [0.2, 0.25) is 0 Å². The summed E-state index contributed by atoms with van der Waals surface area (Å²) in [5, 5.41) is 11.3. The molecule has 4 fully saturated rings. The van der Waals surface area contributed by atoms with Gasteiger partial charge in [0, 0.05) is 57.4 Å². The van der Waals surface area contributed by atoms with Crippen molar-refractivity contribution in [1.82, 2.24) is 16.0 Å². The summed E-state index contributed by atoms with van der Waals surface area (Å²) >= 11 is 0. The summed E-state index contributed by atoms with van der Waals surface area (Å²) < 4.78 is 37.7. The number of nitrogens with one attached hydrogen (secondary N) is 3. The van der Waals surface area contributed by atoms with Crippen LogP contribution in [0, 0.1) is 17.8 Å². The molecule has 6 atom stereocenters. The molecule has 3 saturated heterocycles. The fourth-order valence-corrected chi connectivity index (χ4v) is 9.54. The Morgan fingerprint density at radius 1 is 0.438 bits per heavy atom. The molecule has 0 radical (unpaired) electrons. The van der Waals surface area contributed by atoms with Crippen molar-refractivity contribution >= 4 is 0 Å². The highest BCUT2D eigenvalue weighted by Gasteiger charge is 2.46. The molecule has 6 unspecified atom stereocenters. The first-order valence-corrected chi connectivity index (χ1v) is 19.1. The van der Waals surface area contributed by atoms with E-state index in [0.29, 0.717) is 57.4 Å². The van der Waals surface area contributed by atoms with E-state index in [9.17, 15) is 0 Å². The lowest BCUT2D eigenvalue weighted by atomic mass is 9.88. The zero-order valence-electron chi connectivity index (χ0n) is 33.0. The number of hydrogen-bond donors (Lipinski definition) is 3. The summed E-state index contributed by atoms with van der Waals surface area (Å²) in [5.74, 6) is 1.47. The maximum atomic E-state index is 6.48. The van der Waals surface area contributed by atoms with Crippen LogP contribution in [0.4, 0.5) is 0 Å². The van der Waals surface area contributed by atoms with Gasteiger partial charge in [-0.15, -0.1) is 0 Å². The topological polar surface area (TPSA) is 91.5 Å². The van der Waals surface area contributed by atoms with Gasteiger partial charge < -0.3 is 44.4 Å². The molecular formula is C39H75N3O6. The third kappa shape index (κ3) is 11.8. The predicted molar refractivity (Wildman–Crippen MR) is 194 cm³/mol. The van der Waals surface area contributed by atoms with E-state index in [0.717, 1.165) is 58.3 Å². The second-order valence-electron chi connectivity index (χ2n) is 19.2. The standard InChI is InChI=1S/C39H75N3O6/c1-34(2)22-28(37(7,8)40-34)25-43-15-18-46-31-13-14-32(47-19-16-44-26-29-23-35(3,4)41-38(29,9)10)33(21-31)48-20-17-45-27-30-24-36(5,6)42-39(30,11)12/h28-33,40-42H,13-27H2,1-12H3. The van der Waals surface area contributed by atoms with Gasteiger partial charge >= 0.3 is 0 Å². The molecular weight excluding hydrogens is 606 g/mol. The Morgan fingerprint density at radius 3 is 1.15 bits per heavy atom. The molecule has 3 N–H and O–H groups in total. The summed E-state index contributed by atoms with van der Waals surface area (Å²) in [6, 6.07) is 0. The van der Waals surface area contributed by atoms with Crippen LogP contribution in [-0.2, 0) is 28.4 Å². The Balaban J connectivity index is 1.19. The number of hydrogen-bond acceptors (Lipinski definition) is 9. The van der Waals surface area contributed by atoms with E-state index >= 15 is 0 Å². The van der Waals surface area contributed by atoms with Gasteiger partial charge in [-0.1, -0.05) is 0 Å². The van der Waals surface area contributed by atoms with E-state index in [1.807, 2.05) is 0 Å². The van der Waals surface area contributed by atoms with Crippen LogP contribution >= 0.6 is 0 Å². The summed E-state index contributed by atoms with van der Waals surface area (Å²) in [5.41, 5.74) is 0.692. The van der Waals surface area contributed by atoms with Gasteiger partial charge in [-0.3, -0.25) is 0 Å². The van der Waals surface area contributed by atoms with Gasteiger partial charge in [0.1, 0.15) is 0 Å². The monoisotopic (exact) mass is 682 g/mol. The molecule has 0 aromatic carbocycles. The van der Waals surface area contributed by atoms with E-state index in [1.54, 1.807) is 0 Å². The quantitative estimate of drug-likeness (QED) is 0.154. The lowest BCUT2D eigenvalue weighted by Crippen LogP contribution is -2.46. The van der Waals surface area contributed by atoms with Crippen LogP contribution in [0.2, 0.25) is 0 Å². The third-order valence-corrected chi connectivity index (χ3v) is 11.7. The smallest absolute Gasteiger partial charge is 0.0862 e. The van der Waals surface area contributed by atoms with E-state index in [2.05, 4.69) is 99.0 Å². The molecule has 0 bridgehead atoms. The molecule has 0 spiro atoms. The maximum absolute atomic E-state index is 6.48. The molecule has 1 aliphatic carbocycles. The summed E-state index contributed by atoms with van der Waals surface area (Å²) in [6.45, 7) is 33.2. The molecule has 282 valence electrons. The zero-order chi connectivity index (χ0) is 35.4. The number of ether oxygens (including phenoxy) is 6. The van der Waals surface area contributed by atoms with Crippen molar-refractivity contribution in [3.8, 4) is 0 Å². The van der Waals surface area contributed by atoms with Gasteiger partial charge in [0.15, 0.2) is 0 Å². The second kappa shape index (κ2) is 16.1. The van der Waals surface area contributed by atoms with Gasteiger partial charge in [-0.25, -0.2) is 0 Å². The van der Waals surface area contributed by atoms with E-state index < -0.39 is 0 Å². The van der Waals surface area contributed by atoms with Crippen LogP contribution in [-0.4, -0.2) is 111 Å². The minimum Gasteiger partial charge on any atom is -0.379 e. The van der Waals surface area contributed by atoms with Gasteiger partial charge in [0.05, 0.1) is 77.8 Å². The summed E-state index contributed by atoms with van der Waals surface area (Å²) in [4.78, 5) is 0. The molecule has 4 aliphatic rings. The van der Waals surface area contributed by atoms with E-state index in [1.165, 1.54) is 0 Å². The average Bonchev–Trinajstić information content (AvgIpc) is 3.39. The van der Waals surface area contributed by atoms with Gasteiger partial charge in [-0.2, -0.15) is 0 Å². The highest BCUT2D eigenvalue weighted by molar-refractivity contribution is 5.04. The van der Waals surface area contributed by atoms with E-state index in [-0.39, 0.29) is 51.5 Å². The number of rotatable bonds is 18. The van der Waals surface area contributed by atoms with Crippen molar-refractivity contribution in [2.45, 2.75) is 173 Å². The van der Waals surface area contributed by atoms with Crippen LogP contribution in [0.1, 0.15) is 122 Å². The molecule has 9 nitrogen and oxygen atoms in total. The molecule has 0 aromatic rings. The SMILES string of the molecule is CC1(C)CC(COCCOC2CCC(OCCOCC3CC(C)(C)NC3(C)C)C(OCCOCC3CC(C)(C)NC3(C)C)C2)C(C)(C)N1. The molecule has 3 heterocycles. The first kappa shape index (κ1) is 40.4. The van der Waals surface area contributed by atoms with Crippen LogP contribution < -0.4 is 16.0 Å². The van der Waals surface area contributed by atoms with Crippen LogP contribution in [0.25, 0.3) is 0 Å². The average molecular weight is 682 g/mol. The lowest BCUT2D eigenvalue weighted by Gasteiger charge is -2.36. The normalized spacial score (nSPS) is 34.5. The largest absolute Gasteiger partial charge is 0.379 e. The Morgan fingerprint density at radius 2 is 0.792 bits per heavy atom. The van der Waals surface area contributed by atoms with Gasteiger partial charge in [0.25, 0.3) is 0 Å². The minimum absolute atomic E-state index is 0.0249. The molecule has 48 heavy (non-hydrogen) atoms. The molecule has 0 amide bonds. The van der Waals surface area contributed by atoms with Crippen molar-refractivity contribution < 1.29 is 28.4 Å². The highest BCUT2D eigenvalue weighted by atomic mass is 16.6. The first-order valence-electron chi connectivity index (χ1n) is 19.1. The fraction of sp³-hybridized carbons (Fsp3) is 1.00. The Bertz CT molecular complexity index is 998. The zero-order valence-corrected chi connectivity index (χ0v) is 33.0. The molecule has 9 heteroatoms. The van der Waals surface area contributed by atoms with Crippen LogP contribution in [0.5, 0.6) is 0 Å². The fourth-order valence-electron chi connectivity index (χ4n) is 9.54. The van der Waals surface area contributed by atoms with Crippen molar-refractivity contribution in [3.63, 3.8) is 0 Å². The van der Waals surface area contributed by atoms with Crippen molar-refractivity contribution in [2.75, 3.05) is 59.5 Å². The second-order valence-corrected chi connectivity index (χ2v) is 19.2. The molecule has 1 saturated carbocycles. The summed E-state index contributed by atoms with van der Waals surface area (Å²) in [7, 11) is 0. The van der Waals surface area contributed by atoms with Gasteiger partial charge in [-0.05, 0) is 115 Å². The molecule has 4 rings (SSSR count). The Kier molecular flexibility index (Phi) is 13.6. The third-order valence-electron chi connectivity index (χ3n) is 11.7. The maximum Gasteiger partial charge on any atom is 0.0862 e. The van der Waals surface area contributed by atoms with Crippen molar-refractivity contribution in [1.29, 1.82) is 0 Å². The minimum atomic E-state index is -0.0249. The van der Waals surface area contributed by atoms with Crippen LogP contribution in [0.3, 0.4) is 0 Å². The Labute approximate surface area is 294 Å². The Hall–Kier alpha value is -0.360. The van der Waals surface area contributed by atoms with Crippen LogP contribution in [0.15, 0.2) is 0 Å².